The van der Waals surface area contributed by atoms with Crippen molar-refractivity contribution in [3.8, 4) is 0 Å². The van der Waals surface area contributed by atoms with Crippen molar-refractivity contribution in [1.82, 2.24) is 10.2 Å². The van der Waals surface area contributed by atoms with Crippen LogP contribution >= 0.6 is 22.6 Å². The highest BCUT2D eigenvalue weighted by Gasteiger charge is 2.17. The van der Waals surface area contributed by atoms with E-state index < -0.39 is 0 Å². The van der Waals surface area contributed by atoms with E-state index in [1.54, 1.807) is 0 Å². The SMILES string of the molecule is CC(NCCCN1CCCCC1C)c1ccc(I)cc1. The molecule has 1 aliphatic rings. The largest absolute Gasteiger partial charge is 0.310 e. The molecule has 1 aromatic rings. The standard InChI is InChI=1S/C17H27IN2/c1-14-6-3-4-12-20(14)13-5-11-19-15(2)16-7-9-17(18)10-8-16/h7-10,14-15,19H,3-6,11-13H2,1-2H3. The van der Waals surface area contributed by atoms with Crippen molar-refractivity contribution in [3.05, 3.63) is 33.4 Å². The van der Waals surface area contributed by atoms with E-state index in [1.165, 1.54) is 47.9 Å². The van der Waals surface area contributed by atoms with Crippen molar-refractivity contribution in [2.75, 3.05) is 19.6 Å². The summed E-state index contributed by atoms with van der Waals surface area (Å²) in [7, 11) is 0. The van der Waals surface area contributed by atoms with Gasteiger partial charge in [-0.05, 0) is 93.0 Å². The number of nitrogens with zero attached hydrogens (tertiary/aromatic N) is 1. The Kier molecular flexibility index (Phi) is 6.78. The van der Waals surface area contributed by atoms with Crippen molar-refractivity contribution < 1.29 is 0 Å². The first-order valence-electron chi connectivity index (χ1n) is 7.89. The first kappa shape index (κ1) is 16.2. The van der Waals surface area contributed by atoms with Gasteiger partial charge in [0.05, 0.1) is 0 Å². The third kappa shape index (κ3) is 5.01. The summed E-state index contributed by atoms with van der Waals surface area (Å²) in [6.45, 7) is 8.28. The molecule has 0 spiro atoms. The van der Waals surface area contributed by atoms with Gasteiger partial charge in [-0.1, -0.05) is 18.6 Å². The molecule has 0 aliphatic carbocycles. The van der Waals surface area contributed by atoms with Gasteiger partial charge in [-0.25, -0.2) is 0 Å². The summed E-state index contributed by atoms with van der Waals surface area (Å²) >= 11 is 2.36. The van der Waals surface area contributed by atoms with Gasteiger partial charge in [-0.3, -0.25) is 0 Å². The third-order valence-electron chi connectivity index (χ3n) is 4.38. The molecule has 112 valence electrons. The van der Waals surface area contributed by atoms with Crippen LogP contribution in [0.3, 0.4) is 0 Å². The van der Waals surface area contributed by atoms with E-state index in [9.17, 15) is 0 Å². The highest BCUT2D eigenvalue weighted by Crippen LogP contribution is 2.17. The normalized spacial score (nSPS) is 21.9. The van der Waals surface area contributed by atoms with Crippen molar-refractivity contribution in [2.24, 2.45) is 0 Å². The number of nitrogens with one attached hydrogen (secondary N) is 1. The molecule has 2 atom stereocenters. The maximum Gasteiger partial charge on any atom is 0.0291 e. The average Bonchev–Trinajstić information content (AvgIpc) is 2.46. The molecule has 0 amide bonds. The fourth-order valence-electron chi connectivity index (χ4n) is 2.96. The molecule has 2 unspecified atom stereocenters. The Morgan fingerprint density at radius 2 is 2.05 bits per heavy atom. The van der Waals surface area contributed by atoms with E-state index in [1.807, 2.05) is 0 Å². The zero-order valence-electron chi connectivity index (χ0n) is 12.7. The number of hydrogen-bond donors (Lipinski definition) is 1. The van der Waals surface area contributed by atoms with Crippen molar-refractivity contribution in [3.63, 3.8) is 0 Å². The number of likely N-dealkylation sites (tertiary alicyclic amines) is 1. The Balaban J connectivity index is 1.66. The van der Waals surface area contributed by atoms with Crippen LogP contribution in [0.25, 0.3) is 0 Å². The maximum atomic E-state index is 3.64. The first-order chi connectivity index (χ1) is 9.66. The van der Waals surface area contributed by atoms with Crippen LogP contribution in [0.15, 0.2) is 24.3 Å². The van der Waals surface area contributed by atoms with Gasteiger partial charge < -0.3 is 10.2 Å². The maximum absolute atomic E-state index is 3.64. The van der Waals surface area contributed by atoms with Crippen LogP contribution in [0.2, 0.25) is 0 Å². The monoisotopic (exact) mass is 386 g/mol. The fourth-order valence-corrected chi connectivity index (χ4v) is 3.32. The van der Waals surface area contributed by atoms with Crippen LogP contribution in [0.1, 0.15) is 51.1 Å². The Morgan fingerprint density at radius 3 is 2.75 bits per heavy atom. The van der Waals surface area contributed by atoms with Gasteiger partial charge in [0.25, 0.3) is 0 Å². The molecule has 1 heterocycles. The number of rotatable bonds is 6. The second-order valence-corrected chi connectivity index (χ2v) is 7.21. The lowest BCUT2D eigenvalue weighted by Crippen LogP contribution is -2.39. The zero-order valence-corrected chi connectivity index (χ0v) is 14.9. The van der Waals surface area contributed by atoms with Crippen LogP contribution in [-0.4, -0.2) is 30.6 Å². The molecular formula is C17H27IN2. The van der Waals surface area contributed by atoms with Crippen LogP contribution in [-0.2, 0) is 0 Å². The smallest absolute Gasteiger partial charge is 0.0291 e. The Morgan fingerprint density at radius 1 is 1.30 bits per heavy atom. The summed E-state index contributed by atoms with van der Waals surface area (Å²) in [5.41, 5.74) is 1.39. The number of piperidine rings is 1. The van der Waals surface area contributed by atoms with Crippen LogP contribution in [0.5, 0.6) is 0 Å². The molecule has 3 heteroatoms. The highest BCUT2D eigenvalue weighted by molar-refractivity contribution is 14.1. The van der Waals surface area contributed by atoms with E-state index in [-0.39, 0.29) is 0 Å². The molecule has 0 radical (unpaired) electrons. The fraction of sp³-hybridized carbons (Fsp3) is 0.647. The summed E-state index contributed by atoms with van der Waals surface area (Å²) in [5, 5.41) is 3.64. The van der Waals surface area contributed by atoms with Crippen LogP contribution in [0.4, 0.5) is 0 Å². The van der Waals surface area contributed by atoms with Gasteiger partial charge in [-0.2, -0.15) is 0 Å². The minimum absolute atomic E-state index is 0.450. The van der Waals surface area contributed by atoms with Crippen LogP contribution < -0.4 is 5.32 Å². The van der Waals surface area contributed by atoms with Gasteiger partial charge in [0.2, 0.25) is 0 Å². The Hall–Kier alpha value is -0.130. The molecule has 1 N–H and O–H groups in total. The second-order valence-electron chi connectivity index (χ2n) is 5.96. The summed E-state index contributed by atoms with van der Waals surface area (Å²) < 4.78 is 1.30. The summed E-state index contributed by atoms with van der Waals surface area (Å²) in [6, 6.07) is 10.1. The van der Waals surface area contributed by atoms with E-state index in [2.05, 4.69) is 70.9 Å². The van der Waals surface area contributed by atoms with E-state index in [0.717, 1.165) is 12.6 Å². The second kappa shape index (κ2) is 8.35. The molecule has 1 fully saturated rings. The van der Waals surface area contributed by atoms with E-state index >= 15 is 0 Å². The van der Waals surface area contributed by atoms with Crippen molar-refractivity contribution >= 4 is 22.6 Å². The summed E-state index contributed by atoms with van der Waals surface area (Å²) in [5.74, 6) is 0. The molecule has 20 heavy (non-hydrogen) atoms. The predicted molar refractivity (Wildman–Crippen MR) is 95.1 cm³/mol. The third-order valence-corrected chi connectivity index (χ3v) is 5.10. The summed E-state index contributed by atoms with van der Waals surface area (Å²) in [6.07, 6.45) is 5.43. The van der Waals surface area contributed by atoms with Crippen molar-refractivity contribution in [2.45, 2.75) is 51.6 Å². The van der Waals surface area contributed by atoms with Gasteiger partial charge in [0.15, 0.2) is 0 Å². The van der Waals surface area contributed by atoms with Gasteiger partial charge in [0.1, 0.15) is 0 Å². The molecule has 0 aromatic heterocycles. The van der Waals surface area contributed by atoms with Crippen molar-refractivity contribution in [1.29, 1.82) is 0 Å². The molecule has 2 rings (SSSR count). The predicted octanol–water partition coefficient (Wildman–Crippen LogP) is 4.21. The molecule has 1 aliphatic heterocycles. The minimum atomic E-state index is 0.450. The van der Waals surface area contributed by atoms with Crippen LogP contribution in [0, 0.1) is 3.57 Å². The molecule has 1 aromatic carbocycles. The highest BCUT2D eigenvalue weighted by atomic mass is 127. The lowest BCUT2D eigenvalue weighted by atomic mass is 10.0. The number of halogens is 1. The minimum Gasteiger partial charge on any atom is -0.310 e. The Bertz CT molecular complexity index is 390. The topological polar surface area (TPSA) is 15.3 Å². The lowest BCUT2D eigenvalue weighted by molar-refractivity contribution is 0.158. The van der Waals surface area contributed by atoms with Gasteiger partial charge in [0, 0.05) is 15.7 Å². The lowest BCUT2D eigenvalue weighted by Gasteiger charge is -2.33. The quantitative estimate of drug-likeness (QED) is 0.582. The average molecular weight is 386 g/mol. The van der Waals surface area contributed by atoms with E-state index in [4.69, 9.17) is 0 Å². The summed E-state index contributed by atoms with van der Waals surface area (Å²) in [4.78, 5) is 2.65. The van der Waals surface area contributed by atoms with E-state index in [0.29, 0.717) is 6.04 Å². The molecule has 0 saturated carbocycles. The van der Waals surface area contributed by atoms with Gasteiger partial charge >= 0.3 is 0 Å². The molecular weight excluding hydrogens is 359 g/mol. The first-order valence-corrected chi connectivity index (χ1v) is 8.97. The molecule has 1 saturated heterocycles. The molecule has 0 bridgehead atoms. The molecule has 2 nitrogen and oxygen atoms in total. The number of benzene rings is 1. The van der Waals surface area contributed by atoms with Gasteiger partial charge in [-0.15, -0.1) is 0 Å². The Labute approximate surface area is 137 Å². The number of hydrogen-bond acceptors (Lipinski definition) is 2. The zero-order chi connectivity index (χ0) is 14.4.